The molecule has 0 spiro atoms. The van der Waals surface area contributed by atoms with Crippen LogP contribution in [0.2, 0.25) is 0 Å². The molecule has 7 nitrogen and oxygen atoms in total. The molecule has 3 aromatic rings. The molecular formula is C25H28F3N5O2. The minimum atomic E-state index is -4.58. The third-order valence-corrected chi connectivity index (χ3v) is 6.36. The summed E-state index contributed by atoms with van der Waals surface area (Å²) in [7, 11) is 2.08. The third kappa shape index (κ3) is 5.64. The molecular weight excluding hydrogens is 459 g/mol. The summed E-state index contributed by atoms with van der Waals surface area (Å²) in [5.74, 6) is 0.230. The SMILES string of the molecule is CC(=O)Nc1cc([C@@H](C)Nc2n[nH]c(=O)c3ccc(C4CCCN(C)C4)cc23)cc(C(F)(F)F)c1. The van der Waals surface area contributed by atoms with Crippen LogP contribution in [0.1, 0.15) is 55.3 Å². The van der Waals surface area contributed by atoms with Gasteiger partial charge in [-0.25, -0.2) is 5.10 Å². The lowest BCUT2D eigenvalue weighted by Gasteiger charge is -2.30. The van der Waals surface area contributed by atoms with E-state index < -0.39 is 23.7 Å². The van der Waals surface area contributed by atoms with E-state index in [1.807, 2.05) is 12.1 Å². The van der Waals surface area contributed by atoms with E-state index in [1.54, 1.807) is 13.0 Å². The molecule has 35 heavy (non-hydrogen) atoms. The summed E-state index contributed by atoms with van der Waals surface area (Å²) in [6, 6.07) is 8.52. The minimum absolute atomic E-state index is 0.0546. The Morgan fingerprint density at radius 3 is 2.66 bits per heavy atom. The molecule has 0 radical (unpaired) electrons. The summed E-state index contributed by atoms with van der Waals surface area (Å²) in [6.07, 6.45) is -2.45. The highest BCUT2D eigenvalue weighted by molar-refractivity contribution is 5.92. The molecule has 1 unspecified atom stereocenters. The zero-order chi connectivity index (χ0) is 25.3. The molecule has 1 fully saturated rings. The standard InChI is InChI=1S/C25H28F3N5O2/c1-14(18-9-19(25(26,27)28)12-20(10-18)30-15(2)34)29-23-22-11-16(17-5-4-8-33(3)13-17)6-7-21(22)24(35)32-31-23/h6-7,9-12,14,17H,4-5,8,13H2,1-3H3,(H,29,31)(H,30,34)(H,32,35)/t14-,17?/m1/s1. The maximum absolute atomic E-state index is 13.5. The van der Waals surface area contributed by atoms with Gasteiger partial charge in [0.15, 0.2) is 5.82 Å². The molecule has 1 aliphatic heterocycles. The van der Waals surface area contributed by atoms with E-state index in [4.69, 9.17) is 0 Å². The van der Waals surface area contributed by atoms with Crippen molar-refractivity contribution in [3.8, 4) is 0 Å². The quantitative estimate of drug-likeness (QED) is 0.477. The maximum atomic E-state index is 13.5. The molecule has 1 amide bonds. The summed E-state index contributed by atoms with van der Waals surface area (Å²) in [6.45, 7) is 4.90. The first kappa shape index (κ1) is 24.7. The summed E-state index contributed by atoms with van der Waals surface area (Å²) in [5, 5.41) is 13.3. The first-order valence-corrected chi connectivity index (χ1v) is 11.5. The Balaban J connectivity index is 1.71. The molecule has 4 rings (SSSR count). The number of aromatic amines is 1. The number of rotatable bonds is 5. The second-order valence-corrected chi connectivity index (χ2v) is 9.20. The zero-order valence-electron chi connectivity index (χ0n) is 19.8. The highest BCUT2D eigenvalue weighted by Crippen LogP contribution is 2.35. The van der Waals surface area contributed by atoms with Crippen LogP contribution in [0.25, 0.3) is 10.8 Å². The third-order valence-electron chi connectivity index (χ3n) is 6.36. The summed E-state index contributed by atoms with van der Waals surface area (Å²) in [5.41, 5.74) is 0.265. The van der Waals surface area contributed by atoms with Crippen LogP contribution in [-0.2, 0) is 11.0 Å². The lowest BCUT2D eigenvalue weighted by molar-refractivity contribution is -0.137. The number of likely N-dealkylation sites (N-methyl/N-ethyl adjacent to an activating group) is 1. The van der Waals surface area contributed by atoms with E-state index in [0.717, 1.165) is 43.6 Å². The molecule has 1 saturated heterocycles. The second-order valence-electron chi connectivity index (χ2n) is 9.20. The van der Waals surface area contributed by atoms with Gasteiger partial charge < -0.3 is 15.5 Å². The summed E-state index contributed by atoms with van der Waals surface area (Å²) >= 11 is 0. The van der Waals surface area contributed by atoms with Crippen molar-refractivity contribution in [3.05, 3.63) is 63.4 Å². The van der Waals surface area contributed by atoms with Gasteiger partial charge in [0.2, 0.25) is 5.91 Å². The Labute approximate surface area is 200 Å². The number of hydrogen-bond acceptors (Lipinski definition) is 5. The van der Waals surface area contributed by atoms with Crippen LogP contribution < -0.4 is 16.2 Å². The number of nitrogens with one attached hydrogen (secondary N) is 3. The minimum Gasteiger partial charge on any atom is -0.362 e. The van der Waals surface area contributed by atoms with Crippen LogP contribution >= 0.6 is 0 Å². The van der Waals surface area contributed by atoms with Gasteiger partial charge in [0.1, 0.15) is 0 Å². The van der Waals surface area contributed by atoms with E-state index in [0.29, 0.717) is 28.1 Å². The van der Waals surface area contributed by atoms with Crippen molar-refractivity contribution in [3.63, 3.8) is 0 Å². The zero-order valence-corrected chi connectivity index (χ0v) is 19.8. The highest BCUT2D eigenvalue weighted by Gasteiger charge is 2.32. The Hall–Kier alpha value is -3.40. The number of nitrogens with zero attached hydrogens (tertiary/aromatic N) is 2. The Kier molecular flexibility index (Phi) is 6.84. The number of piperidine rings is 1. The molecule has 1 aliphatic rings. The number of alkyl halides is 3. The molecule has 186 valence electrons. The van der Waals surface area contributed by atoms with Gasteiger partial charge in [0, 0.05) is 24.5 Å². The number of aromatic nitrogens is 2. The van der Waals surface area contributed by atoms with Crippen molar-refractivity contribution in [2.24, 2.45) is 0 Å². The number of amides is 1. The van der Waals surface area contributed by atoms with Crippen LogP contribution in [0, 0.1) is 0 Å². The van der Waals surface area contributed by atoms with Crippen molar-refractivity contribution < 1.29 is 18.0 Å². The van der Waals surface area contributed by atoms with E-state index in [9.17, 15) is 22.8 Å². The molecule has 1 aromatic heterocycles. The van der Waals surface area contributed by atoms with E-state index in [2.05, 4.69) is 32.8 Å². The van der Waals surface area contributed by atoms with Crippen molar-refractivity contribution in [1.29, 1.82) is 0 Å². The number of likely N-dealkylation sites (tertiary alicyclic amines) is 1. The molecule has 3 N–H and O–H groups in total. The van der Waals surface area contributed by atoms with Crippen molar-refractivity contribution in [2.75, 3.05) is 30.8 Å². The number of hydrogen-bond donors (Lipinski definition) is 3. The number of carbonyl (C=O) groups is 1. The Morgan fingerprint density at radius 1 is 1.20 bits per heavy atom. The topological polar surface area (TPSA) is 90.1 Å². The monoisotopic (exact) mass is 487 g/mol. The molecule has 2 heterocycles. The van der Waals surface area contributed by atoms with Crippen LogP contribution in [0.15, 0.2) is 41.2 Å². The van der Waals surface area contributed by atoms with E-state index in [1.165, 1.54) is 13.0 Å². The average molecular weight is 488 g/mol. The second kappa shape index (κ2) is 9.69. The van der Waals surface area contributed by atoms with Crippen molar-refractivity contribution >= 4 is 28.2 Å². The first-order valence-electron chi connectivity index (χ1n) is 11.5. The largest absolute Gasteiger partial charge is 0.416 e. The number of carbonyl (C=O) groups excluding carboxylic acids is 1. The van der Waals surface area contributed by atoms with Gasteiger partial charge in [-0.05, 0) is 80.7 Å². The normalized spacial score (nSPS) is 17.8. The maximum Gasteiger partial charge on any atom is 0.416 e. The van der Waals surface area contributed by atoms with Crippen LogP contribution in [0.5, 0.6) is 0 Å². The van der Waals surface area contributed by atoms with Crippen molar-refractivity contribution in [1.82, 2.24) is 15.1 Å². The number of anilines is 2. The van der Waals surface area contributed by atoms with Gasteiger partial charge >= 0.3 is 6.18 Å². The van der Waals surface area contributed by atoms with Gasteiger partial charge in [-0.2, -0.15) is 18.3 Å². The van der Waals surface area contributed by atoms with Crippen molar-refractivity contribution in [2.45, 2.75) is 44.8 Å². The lowest BCUT2D eigenvalue weighted by atomic mass is 9.90. The molecule has 2 aromatic carbocycles. The summed E-state index contributed by atoms with van der Waals surface area (Å²) in [4.78, 5) is 26.1. The van der Waals surface area contributed by atoms with Crippen LogP contribution in [0.4, 0.5) is 24.7 Å². The number of halogens is 3. The smallest absolute Gasteiger partial charge is 0.362 e. The number of benzene rings is 2. The number of fused-ring (bicyclic) bond motifs is 1. The summed E-state index contributed by atoms with van der Waals surface area (Å²) < 4.78 is 40.5. The fraction of sp³-hybridized carbons (Fsp3) is 0.400. The molecule has 0 bridgehead atoms. The predicted octanol–water partition coefficient (Wildman–Crippen LogP) is 4.88. The van der Waals surface area contributed by atoms with Crippen LogP contribution in [-0.4, -0.2) is 41.1 Å². The highest BCUT2D eigenvalue weighted by atomic mass is 19.4. The average Bonchev–Trinajstić information content (AvgIpc) is 2.79. The van der Waals surface area contributed by atoms with E-state index in [-0.39, 0.29) is 11.2 Å². The van der Waals surface area contributed by atoms with E-state index >= 15 is 0 Å². The molecule has 2 atom stereocenters. The fourth-order valence-corrected chi connectivity index (χ4v) is 4.61. The fourth-order valence-electron chi connectivity index (χ4n) is 4.61. The first-order chi connectivity index (χ1) is 16.5. The Morgan fingerprint density at radius 2 is 1.97 bits per heavy atom. The molecule has 0 saturated carbocycles. The van der Waals surface area contributed by atoms with Gasteiger partial charge in [0.25, 0.3) is 5.56 Å². The molecule has 0 aliphatic carbocycles. The van der Waals surface area contributed by atoms with Crippen LogP contribution in [0.3, 0.4) is 0 Å². The van der Waals surface area contributed by atoms with Gasteiger partial charge in [-0.3, -0.25) is 9.59 Å². The number of H-pyrrole nitrogens is 1. The predicted molar refractivity (Wildman–Crippen MR) is 130 cm³/mol. The van der Waals surface area contributed by atoms with Gasteiger partial charge in [0.05, 0.1) is 17.0 Å². The lowest BCUT2D eigenvalue weighted by Crippen LogP contribution is -2.30. The molecule has 10 heteroatoms. The van der Waals surface area contributed by atoms with Gasteiger partial charge in [-0.1, -0.05) is 6.07 Å². The van der Waals surface area contributed by atoms with Gasteiger partial charge in [-0.15, -0.1) is 0 Å². The Bertz CT molecular complexity index is 1300.